The number of rotatable bonds is 5. The average molecular weight is 419 g/mol. The molecule has 4 heterocycles. The number of likely N-dealkylation sites (tertiary alicyclic amines) is 1. The highest BCUT2D eigenvalue weighted by molar-refractivity contribution is 5.99. The Hall–Kier alpha value is -2.68. The smallest absolute Gasteiger partial charge is 0.339 e. The van der Waals surface area contributed by atoms with Gasteiger partial charge in [0.15, 0.2) is 11.4 Å². The molecule has 3 aromatic rings. The maximum absolute atomic E-state index is 12.8. The largest absolute Gasteiger partial charge is 0.406 e. The maximum Gasteiger partial charge on any atom is 0.406 e. The Morgan fingerprint density at radius 3 is 2.60 bits per heavy atom. The first-order valence-electron chi connectivity index (χ1n) is 10.0. The fraction of sp³-hybridized carbons (Fsp3) is 0.476. The number of hydrogen-bond acceptors (Lipinski definition) is 4. The zero-order valence-corrected chi connectivity index (χ0v) is 17.0. The van der Waals surface area contributed by atoms with E-state index in [1.807, 2.05) is 28.8 Å². The number of piperidine rings is 1. The third-order valence-electron chi connectivity index (χ3n) is 5.87. The molecule has 1 aliphatic heterocycles. The molecule has 0 amide bonds. The van der Waals surface area contributed by atoms with Crippen molar-refractivity contribution in [3.05, 3.63) is 53.2 Å². The molecule has 1 aliphatic rings. The highest BCUT2D eigenvalue weighted by atomic mass is 19.4. The standard InChI is InChI=1S/C21H24F3N5O/c1-14-11-17(15(2)29(14)13-21(22,23)24)18(30)12-27-9-6-16(7-10-27)20-26-25-19-5-3-4-8-28(19)20/h3-5,8,11,16H,6-7,9-10,12-13H2,1-2H3. The fourth-order valence-electron chi connectivity index (χ4n) is 4.28. The number of carbonyl (C=O) groups excluding carboxylic acids is 1. The summed E-state index contributed by atoms with van der Waals surface area (Å²) in [4.78, 5) is 14.9. The molecule has 0 bridgehead atoms. The van der Waals surface area contributed by atoms with Gasteiger partial charge in [-0.15, -0.1) is 10.2 Å². The average Bonchev–Trinajstić information content (AvgIpc) is 3.24. The molecule has 1 saturated heterocycles. The Kier molecular flexibility index (Phi) is 5.40. The number of Topliss-reactive ketones (excluding diaryl/α,β-unsaturated/α-hetero) is 1. The number of pyridine rings is 1. The zero-order chi connectivity index (χ0) is 21.5. The van der Waals surface area contributed by atoms with Crippen LogP contribution in [0.1, 0.15) is 46.3 Å². The Balaban J connectivity index is 1.40. The van der Waals surface area contributed by atoms with E-state index in [0.717, 1.165) is 42.0 Å². The van der Waals surface area contributed by atoms with Crippen molar-refractivity contribution in [1.29, 1.82) is 0 Å². The summed E-state index contributed by atoms with van der Waals surface area (Å²) in [5, 5.41) is 8.55. The Morgan fingerprint density at radius 2 is 1.90 bits per heavy atom. The van der Waals surface area contributed by atoms with Gasteiger partial charge < -0.3 is 4.57 Å². The van der Waals surface area contributed by atoms with Gasteiger partial charge in [0.2, 0.25) is 0 Å². The summed E-state index contributed by atoms with van der Waals surface area (Å²) >= 11 is 0. The topological polar surface area (TPSA) is 55.4 Å². The van der Waals surface area contributed by atoms with E-state index in [4.69, 9.17) is 0 Å². The van der Waals surface area contributed by atoms with Crippen LogP contribution < -0.4 is 0 Å². The Morgan fingerprint density at radius 1 is 1.17 bits per heavy atom. The molecule has 0 N–H and O–H groups in total. The van der Waals surface area contributed by atoms with Crippen LogP contribution in [0.3, 0.4) is 0 Å². The van der Waals surface area contributed by atoms with Crippen LogP contribution in [0.5, 0.6) is 0 Å². The van der Waals surface area contributed by atoms with Crippen LogP contribution in [-0.4, -0.2) is 55.7 Å². The molecule has 0 unspecified atom stereocenters. The number of aryl methyl sites for hydroxylation is 1. The summed E-state index contributed by atoms with van der Waals surface area (Å²) in [6.45, 7) is 3.79. The third kappa shape index (κ3) is 4.12. The van der Waals surface area contributed by atoms with Crippen LogP contribution in [0.2, 0.25) is 0 Å². The van der Waals surface area contributed by atoms with Crippen molar-refractivity contribution in [3.8, 4) is 0 Å². The van der Waals surface area contributed by atoms with Crippen molar-refractivity contribution < 1.29 is 18.0 Å². The molecule has 0 radical (unpaired) electrons. The lowest BCUT2D eigenvalue weighted by atomic mass is 9.95. The number of fused-ring (bicyclic) bond motifs is 1. The summed E-state index contributed by atoms with van der Waals surface area (Å²) < 4.78 is 41.6. The highest BCUT2D eigenvalue weighted by Gasteiger charge is 2.31. The first kappa shape index (κ1) is 20.6. The van der Waals surface area contributed by atoms with Crippen molar-refractivity contribution in [2.45, 2.75) is 45.3 Å². The van der Waals surface area contributed by atoms with Gasteiger partial charge in [0.1, 0.15) is 12.4 Å². The van der Waals surface area contributed by atoms with E-state index in [0.29, 0.717) is 17.0 Å². The molecule has 30 heavy (non-hydrogen) atoms. The van der Waals surface area contributed by atoms with Crippen LogP contribution in [0.4, 0.5) is 13.2 Å². The molecule has 0 saturated carbocycles. The SMILES string of the molecule is Cc1cc(C(=O)CN2CCC(c3nnc4ccccn34)CC2)c(C)n1CC(F)(F)F. The van der Waals surface area contributed by atoms with Crippen molar-refractivity contribution in [1.82, 2.24) is 24.1 Å². The van der Waals surface area contributed by atoms with E-state index in [1.165, 1.54) is 0 Å². The number of ketones is 1. The van der Waals surface area contributed by atoms with Crippen molar-refractivity contribution >= 4 is 11.4 Å². The third-order valence-corrected chi connectivity index (χ3v) is 5.87. The predicted molar refractivity (Wildman–Crippen MR) is 106 cm³/mol. The van der Waals surface area contributed by atoms with Gasteiger partial charge in [-0.05, 0) is 58.0 Å². The molecule has 4 rings (SSSR count). The molecule has 0 spiro atoms. The minimum atomic E-state index is -4.32. The second-order valence-corrected chi connectivity index (χ2v) is 7.95. The van der Waals surface area contributed by atoms with Gasteiger partial charge in [-0.2, -0.15) is 13.2 Å². The van der Waals surface area contributed by atoms with E-state index < -0.39 is 12.7 Å². The van der Waals surface area contributed by atoms with Crippen molar-refractivity contribution in [3.63, 3.8) is 0 Å². The van der Waals surface area contributed by atoms with Gasteiger partial charge in [-0.25, -0.2) is 0 Å². The van der Waals surface area contributed by atoms with Crippen molar-refractivity contribution in [2.75, 3.05) is 19.6 Å². The first-order chi connectivity index (χ1) is 14.2. The van der Waals surface area contributed by atoms with Gasteiger partial charge in [0, 0.05) is 29.1 Å². The molecule has 0 aromatic carbocycles. The molecular weight excluding hydrogens is 395 g/mol. The van der Waals surface area contributed by atoms with E-state index in [2.05, 4.69) is 15.1 Å². The van der Waals surface area contributed by atoms with Crippen LogP contribution in [0.25, 0.3) is 5.65 Å². The quantitative estimate of drug-likeness (QED) is 0.591. The normalized spacial score (nSPS) is 16.4. The van der Waals surface area contributed by atoms with Gasteiger partial charge in [-0.1, -0.05) is 6.07 Å². The van der Waals surface area contributed by atoms with Crippen LogP contribution in [0.15, 0.2) is 30.5 Å². The van der Waals surface area contributed by atoms with Gasteiger partial charge in [0.25, 0.3) is 0 Å². The lowest BCUT2D eigenvalue weighted by molar-refractivity contribution is -0.141. The number of halogens is 3. The first-order valence-corrected chi connectivity index (χ1v) is 10.0. The van der Waals surface area contributed by atoms with Gasteiger partial charge >= 0.3 is 6.18 Å². The number of hydrogen-bond donors (Lipinski definition) is 0. The lowest BCUT2D eigenvalue weighted by Crippen LogP contribution is -2.37. The Labute approximate surface area is 172 Å². The van der Waals surface area contributed by atoms with E-state index >= 15 is 0 Å². The van der Waals surface area contributed by atoms with Crippen LogP contribution in [0, 0.1) is 13.8 Å². The van der Waals surface area contributed by atoms with Crippen LogP contribution in [-0.2, 0) is 6.54 Å². The van der Waals surface area contributed by atoms with Crippen molar-refractivity contribution in [2.24, 2.45) is 0 Å². The number of carbonyl (C=O) groups is 1. The Bertz CT molecular complexity index is 1060. The predicted octanol–water partition coefficient (Wildman–Crippen LogP) is 3.77. The zero-order valence-electron chi connectivity index (χ0n) is 17.0. The summed E-state index contributed by atoms with van der Waals surface area (Å²) in [7, 11) is 0. The molecule has 3 aromatic heterocycles. The second kappa shape index (κ2) is 7.86. The fourth-order valence-corrected chi connectivity index (χ4v) is 4.28. The monoisotopic (exact) mass is 419 g/mol. The number of aromatic nitrogens is 4. The van der Waals surface area contributed by atoms with Gasteiger partial charge in [0.05, 0.1) is 6.54 Å². The molecule has 0 aliphatic carbocycles. The van der Waals surface area contributed by atoms with E-state index in [-0.39, 0.29) is 18.2 Å². The summed E-state index contributed by atoms with van der Waals surface area (Å²) in [6.07, 6.45) is -0.647. The maximum atomic E-state index is 12.8. The molecule has 6 nitrogen and oxygen atoms in total. The summed E-state index contributed by atoms with van der Waals surface area (Å²) in [6, 6.07) is 7.36. The minimum absolute atomic E-state index is 0.136. The molecule has 1 fully saturated rings. The van der Waals surface area contributed by atoms with Gasteiger partial charge in [-0.3, -0.25) is 14.1 Å². The number of nitrogens with zero attached hydrogens (tertiary/aromatic N) is 5. The number of alkyl halides is 3. The summed E-state index contributed by atoms with van der Waals surface area (Å²) in [5.74, 6) is 1.07. The van der Waals surface area contributed by atoms with E-state index in [1.54, 1.807) is 19.9 Å². The molecule has 0 atom stereocenters. The molecule has 160 valence electrons. The second-order valence-electron chi connectivity index (χ2n) is 7.95. The molecular formula is C21H24F3N5O. The van der Waals surface area contributed by atoms with E-state index in [9.17, 15) is 18.0 Å². The summed E-state index contributed by atoms with van der Waals surface area (Å²) in [5.41, 5.74) is 2.02. The highest BCUT2D eigenvalue weighted by Crippen LogP contribution is 2.28. The lowest BCUT2D eigenvalue weighted by Gasteiger charge is -2.30. The minimum Gasteiger partial charge on any atom is -0.339 e. The van der Waals surface area contributed by atoms with Crippen LogP contribution >= 0.6 is 0 Å². The molecule has 9 heteroatoms.